The summed E-state index contributed by atoms with van der Waals surface area (Å²) in [5.74, 6) is 1.06. The van der Waals surface area contributed by atoms with Crippen LogP contribution in [0.3, 0.4) is 0 Å². The maximum Gasteiger partial charge on any atom is 0.237 e. The van der Waals surface area contributed by atoms with E-state index in [2.05, 4.69) is 12.2 Å². The number of aryl methyl sites for hydroxylation is 1. The molecule has 0 aliphatic rings. The van der Waals surface area contributed by atoms with Gasteiger partial charge in [0.15, 0.2) is 0 Å². The average molecular weight is 329 g/mol. The van der Waals surface area contributed by atoms with Gasteiger partial charge >= 0.3 is 0 Å². The van der Waals surface area contributed by atoms with Crippen LogP contribution in [0.2, 0.25) is 0 Å². The van der Waals surface area contributed by atoms with E-state index in [1.54, 1.807) is 0 Å². The first-order chi connectivity index (χ1) is 10.0. The standard InChI is InChI=1S/C17H28N2O2.ClH/c1-4-14(3)16(18)17(20)19-11-5-6-12-21-15-9-7-13(2)8-10-15;/h7-10,14,16H,4-6,11-12,18H2,1-3H3,(H,19,20);1H. The van der Waals surface area contributed by atoms with Crippen LogP contribution in [0, 0.1) is 12.8 Å². The minimum atomic E-state index is -0.404. The van der Waals surface area contributed by atoms with Gasteiger partial charge in [0.2, 0.25) is 5.91 Å². The number of benzene rings is 1. The molecular formula is C17H29ClN2O2. The van der Waals surface area contributed by atoms with Crippen LogP contribution >= 0.6 is 12.4 Å². The van der Waals surface area contributed by atoms with Gasteiger partial charge in [-0.25, -0.2) is 0 Å². The zero-order chi connectivity index (χ0) is 15.7. The van der Waals surface area contributed by atoms with Gasteiger partial charge in [0, 0.05) is 6.54 Å². The second kappa shape index (κ2) is 11.3. The molecule has 0 spiro atoms. The predicted octanol–water partition coefficient (Wildman–Crippen LogP) is 3.07. The Hall–Kier alpha value is -1.26. The third-order valence-electron chi connectivity index (χ3n) is 3.72. The van der Waals surface area contributed by atoms with Gasteiger partial charge in [0.05, 0.1) is 12.6 Å². The normalized spacial score (nSPS) is 12.9. The topological polar surface area (TPSA) is 64.4 Å². The largest absolute Gasteiger partial charge is 0.494 e. The maximum atomic E-state index is 11.8. The Morgan fingerprint density at radius 1 is 1.27 bits per heavy atom. The molecule has 1 aromatic rings. The molecule has 1 amide bonds. The molecule has 5 heteroatoms. The SMILES string of the molecule is CCC(C)C(N)C(=O)NCCCCOc1ccc(C)cc1.Cl. The van der Waals surface area contributed by atoms with E-state index in [0.717, 1.165) is 25.0 Å². The van der Waals surface area contributed by atoms with Crippen LogP contribution in [-0.4, -0.2) is 25.1 Å². The summed E-state index contributed by atoms with van der Waals surface area (Å²) in [6.45, 7) is 7.41. The van der Waals surface area contributed by atoms with Gasteiger partial charge < -0.3 is 15.8 Å². The molecule has 2 atom stereocenters. The van der Waals surface area contributed by atoms with Crippen molar-refractivity contribution < 1.29 is 9.53 Å². The number of hydrogen-bond donors (Lipinski definition) is 2. The summed E-state index contributed by atoms with van der Waals surface area (Å²) in [5, 5.41) is 2.88. The molecule has 0 fully saturated rings. The molecule has 0 radical (unpaired) electrons. The fourth-order valence-electron chi connectivity index (χ4n) is 1.89. The van der Waals surface area contributed by atoms with Gasteiger partial charge in [-0.2, -0.15) is 0 Å². The number of amides is 1. The fourth-order valence-corrected chi connectivity index (χ4v) is 1.89. The number of unbranched alkanes of at least 4 members (excludes halogenated alkanes) is 1. The number of carbonyl (C=O) groups excluding carboxylic acids is 1. The molecule has 1 rings (SSSR count). The lowest BCUT2D eigenvalue weighted by molar-refractivity contribution is -0.123. The first-order valence-electron chi connectivity index (χ1n) is 7.77. The summed E-state index contributed by atoms with van der Waals surface area (Å²) in [7, 11) is 0. The molecule has 4 nitrogen and oxygen atoms in total. The molecule has 22 heavy (non-hydrogen) atoms. The minimum Gasteiger partial charge on any atom is -0.494 e. The van der Waals surface area contributed by atoms with E-state index in [-0.39, 0.29) is 24.2 Å². The third-order valence-corrected chi connectivity index (χ3v) is 3.72. The number of nitrogens with two attached hydrogens (primary N) is 1. The average Bonchev–Trinajstić information content (AvgIpc) is 2.50. The second-order valence-corrected chi connectivity index (χ2v) is 5.57. The number of halogens is 1. The Morgan fingerprint density at radius 2 is 1.91 bits per heavy atom. The monoisotopic (exact) mass is 328 g/mol. The van der Waals surface area contributed by atoms with Gasteiger partial charge in [0.25, 0.3) is 0 Å². The highest BCUT2D eigenvalue weighted by molar-refractivity contribution is 5.85. The highest BCUT2D eigenvalue weighted by Gasteiger charge is 2.18. The van der Waals surface area contributed by atoms with Crippen molar-refractivity contribution in [1.29, 1.82) is 0 Å². The third kappa shape index (κ3) is 7.66. The molecular weight excluding hydrogens is 300 g/mol. The molecule has 0 saturated heterocycles. The number of carbonyl (C=O) groups is 1. The smallest absolute Gasteiger partial charge is 0.237 e. The van der Waals surface area contributed by atoms with Crippen LogP contribution in [0.5, 0.6) is 5.75 Å². The lowest BCUT2D eigenvalue weighted by atomic mass is 9.99. The molecule has 126 valence electrons. The van der Waals surface area contributed by atoms with Gasteiger partial charge in [-0.05, 0) is 37.8 Å². The fraction of sp³-hybridized carbons (Fsp3) is 0.588. The lowest BCUT2D eigenvalue weighted by Gasteiger charge is -2.17. The van der Waals surface area contributed by atoms with Crippen molar-refractivity contribution >= 4 is 18.3 Å². The Labute approximate surface area is 140 Å². The molecule has 0 aliphatic heterocycles. The summed E-state index contributed by atoms with van der Waals surface area (Å²) in [5.41, 5.74) is 7.09. The molecule has 0 heterocycles. The van der Waals surface area contributed by atoms with Crippen LogP contribution < -0.4 is 15.8 Å². The Balaban J connectivity index is 0.00000441. The van der Waals surface area contributed by atoms with Crippen molar-refractivity contribution in [1.82, 2.24) is 5.32 Å². The zero-order valence-electron chi connectivity index (χ0n) is 13.8. The molecule has 0 saturated carbocycles. The number of rotatable bonds is 9. The Kier molecular flexibility index (Phi) is 10.7. The van der Waals surface area contributed by atoms with Gasteiger partial charge in [-0.3, -0.25) is 4.79 Å². The quantitative estimate of drug-likeness (QED) is 0.685. The van der Waals surface area contributed by atoms with E-state index >= 15 is 0 Å². The van der Waals surface area contributed by atoms with Crippen molar-refractivity contribution in [3.05, 3.63) is 29.8 Å². The van der Waals surface area contributed by atoms with Gasteiger partial charge in [-0.15, -0.1) is 12.4 Å². The van der Waals surface area contributed by atoms with E-state index in [9.17, 15) is 4.79 Å². The molecule has 2 unspecified atom stereocenters. The predicted molar refractivity (Wildman–Crippen MR) is 93.6 cm³/mol. The lowest BCUT2D eigenvalue weighted by Crippen LogP contribution is -2.44. The highest BCUT2D eigenvalue weighted by Crippen LogP contribution is 2.11. The van der Waals surface area contributed by atoms with E-state index in [4.69, 9.17) is 10.5 Å². The first kappa shape index (κ1) is 20.7. The van der Waals surface area contributed by atoms with E-state index in [1.165, 1.54) is 5.56 Å². The van der Waals surface area contributed by atoms with Crippen molar-refractivity contribution in [3.63, 3.8) is 0 Å². The molecule has 0 bridgehead atoms. The summed E-state index contributed by atoms with van der Waals surface area (Å²) >= 11 is 0. The zero-order valence-corrected chi connectivity index (χ0v) is 14.6. The van der Waals surface area contributed by atoms with Crippen LogP contribution in [0.1, 0.15) is 38.7 Å². The van der Waals surface area contributed by atoms with Crippen LogP contribution in [0.25, 0.3) is 0 Å². The van der Waals surface area contributed by atoms with Crippen molar-refractivity contribution in [2.75, 3.05) is 13.2 Å². The van der Waals surface area contributed by atoms with Crippen molar-refractivity contribution in [2.24, 2.45) is 11.7 Å². The van der Waals surface area contributed by atoms with Crippen molar-refractivity contribution in [2.45, 2.75) is 46.1 Å². The number of ether oxygens (including phenoxy) is 1. The van der Waals surface area contributed by atoms with E-state index in [0.29, 0.717) is 13.2 Å². The summed E-state index contributed by atoms with van der Waals surface area (Å²) < 4.78 is 5.63. The summed E-state index contributed by atoms with van der Waals surface area (Å²) in [6.07, 6.45) is 2.72. The maximum absolute atomic E-state index is 11.8. The second-order valence-electron chi connectivity index (χ2n) is 5.57. The van der Waals surface area contributed by atoms with Gasteiger partial charge in [0.1, 0.15) is 5.75 Å². The first-order valence-corrected chi connectivity index (χ1v) is 7.77. The Bertz CT molecular complexity index is 423. The summed E-state index contributed by atoms with van der Waals surface area (Å²) in [4.78, 5) is 11.8. The van der Waals surface area contributed by atoms with Crippen LogP contribution in [-0.2, 0) is 4.79 Å². The Morgan fingerprint density at radius 3 is 2.50 bits per heavy atom. The number of hydrogen-bond acceptors (Lipinski definition) is 3. The van der Waals surface area contributed by atoms with E-state index < -0.39 is 6.04 Å². The van der Waals surface area contributed by atoms with Crippen molar-refractivity contribution in [3.8, 4) is 5.75 Å². The van der Waals surface area contributed by atoms with E-state index in [1.807, 2.05) is 38.1 Å². The molecule has 0 aromatic heterocycles. The van der Waals surface area contributed by atoms with Crippen LogP contribution in [0.15, 0.2) is 24.3 Å². The summed E-state index contributed by atoms with van der Waals surface area (Å²) in [6, 6.07) is 7.61. The highest BCUT2D eigenvalue weighted by atomic mass is 35.5. The minimum absolute atomic E-state index is 0. The molecule has 3 N–H and O–H groups in total. The molecule has 1 aromatic carbocycles. The van der Waals surface area contributed by atoms with Crippen LogP contribution in [0.4, 0.5) is 0 Å². The molecule has 0 aliphatic carbocycles. The van der Waals surface area contributed by atoms with Gasteiger partial charge in [-0.1, -0.05) is 38.0 Å². The number of nitrogens with one attached hydrogen (secondary N) is 1.